The van der Waals surface area contributed by atoms with Crippen molar-refractivity contribution in [2.45, 2.75) is 18.7 Å². The van der Waals surface area contributed by atoms with Gasteiger partial charge in [0.1, 0.15) is 0 Å². The number of sulfonamides is 1. The molecule has 0 aliphatic carbocycles. The second-order valence-electron chi connectivity index (χ2n) is 3.75. The first-order chi connectivity index (χ1) is 8.21. The van der Waals surface area contributed by atoms with Gasteiger partial charge in [-0.15, -0.1) is 0 Å². The zero-order valence-electron chi connectivity index (χ0n) is 10.2. The Labute approximate surface area is 104 Å². The van der Waals surface area contributed by atoms with Gasteiger partial charge in [0.15, 0.2) is 0 Å². The minimum Gasteiger partial charge on any atom is -0.258 e. The molecular formula is C10H13FN2O4S. The van der Waals surface area contributed by atoms with E-state index in [1.807, 2.05) is 0 Å². The van der Waals surface area contributed by atoms with Gasteiger partial charge >= 0.3 is 5.69 Å². The van der Waals surface area contributed by atoms with Crippen LogP contribution in [-0.4, -0.2) is 31.2 Å². The summed E-state index contributed by atoms with van der Waals surface area (Å²) >= 11 is 0. The van der Waals surface area contributed by atoms with Gasteiger partial charge in [0, 0.05) is 19.7 Å². The highest BCUT2D eigenvalue weighted by Crippen LogP contribution is 2.26. The quantitative estimate of drug-likeness (QED) is 0.619. The second kappa shape index (κ2) is 4.99. The molecule has 0 amide bonds. The van der Waals surface area contributed by atoms with E-state index >= 15 is 0 Å². The van der Waals surface area contributed by atoms with E-state index < -0.39 is 26.5 Å². The summed E-state index contributed by atoms with van der Waals surface area (Å²) in [5.41, 5.74) is -0.912. The van der Waals surface area contributed by atoms with Crippen LogP contribution in [-0.2, 0) is 10.0 Å². The fourth-order valence-electron chi connectivity index (χ4n) is 1.35. The van der Waals surface area contributed by atoms with Crippen molar-refractivity contribution in [3.05, 3.63) is 33.6 Å². The minimum atomic E-state index is -3.82. The predicted molar refractivity (Wildman–Crippen MR) is 63.3 cm³/mol. The summed E-state index contributed by atoms with van der Waals surface area (Å²) in [5, 5.41) is 10.6. The highest BCUT2D eigenvalue weighted by Gasteiger charge is 2.26. The van der Waals surface area contributed by atoms with Crippen molar-refractivity contribution in [2.24, 2.45) is 0 Å². The highest BCUT2D eigenvalue weighted by molar-refractivity contribution is 7.89. The smallest absolute Gasteiger partial charge is 0.258 e. The third-order valence-corrected chi connectivity index (χ3v) is 4.47. The van der Waals surface area contributed by atoms with Crippen LogP contribution in [0.1, 0.15) is 12.5 Å². The van der Waals surface area contributed by atoms with E-state index in [1.54, 1.807) is 6.92 Å². The minimum absolute atomic E-state index is 0.0766. The van der Waals surface area contributed by atoms with Crippen molar-refractivity contribution in [3.63, 3.8) is 0 Å². The molecule has 0 aromatic heterocycles. The van der Waals surface area contributed by atoms with Crippen LogP contribution in [0.25, 0.3) is 0 Å². The van der Waals surface area contributed by atoms with Gasteiger partial charge in [0.2, 0.25) is 15.8 Å². The lowest BCUT2D eigenvalue weighted by Gasteiger charge is -2.15. The lowest BCUT2D eigenvalue weighted by Crippen LogP contribution is -2.26. The summed E-state index contributed by atoms with van der Waals surface area (Å²) in [6.45, 7) is 3.13. The molecule has 0 aliphatic rings. The van der Waals surface area contributed by atoms with Crippen molar-refractivity contribution in [2.75, 3.05) is 13.6 Å². The molecule has 0 radical (unpaired) electrons. The Balaban J connectivity index is 3.50. The Kier molecular flexibility index (Phi) is 4.02. The molecule has 0 saturated heterocycles. The number of hydrogen-bond donors (Lipinski definition) is 0. The third-order valence-electron chi connectivity index (χ3n) is 2.56. The molecule has 0 aliphatic heterocycles. The third kappa shape index (κ3) is 2.49. The van der Waals surface area contributed by atoms with Gasteiger partial charge in [0.05, 0.1) is 9.82 Å². The number of nitro groups is 1. The normalized spacial score (nSPS) is 11.8. The summed E-state index contributed by atoms with van der Waals surface area (Å²) in [7, 11) is -2.48. The molecule has 100 valence electrons. The first-order valence-corrected chi connectivity index (χ1v) is 6.56. The Hall–Kier alpha value is -1.54. The average molecular weight is 276 g/mol. The summed E-state index contributed by atoms with van der Waals surface area (Å²) in [4.78, 5) is 9.43. The zero-order chi connectivity index (χ0) is 14.1. The van der Waals surface area contributed by atoms with Crippen molar-refractivity contribution < 1.29 is 17.7 Å². The monoisotopic (exact) mass is 276 g/mol. The maximum atomic E-state index is 13.5. The molecular weight excluding hydrogens is 263 g/mol. The molecule has 0 N–H and O–H groups in total. The van der Waals surface area contributed by atoms with Crippen LogP contribution in [0.15, 0.2) is 17.0 Å². The van der Waals surface area contributed by atoms with Crippen molar-refractivity contribution >= 4 is 15.7 Å². The van der Waals surface area contributed by atoms with Crippen molar-refractivity contribution in [1.82, 2.24) is 4.31 Å². The van der Waals surface area contributed by atoms with E-state index in [0.29, 0.717) is 0 Å². The van der Waals surface area contributed by atoms with Gasteiger partial charge in [0.25, 0.3) is 0 Å². The Morgan fingerprint density at radius 2 is 2.00 bits per heavy atom. The first-order valence-electron chi connectivity index (χ1n) is 5.12. The largest absolute Gasteiger partial charge is 0.306 e. The van der Waals surface area contributed by atoms with Gasteiger partial charge in [-0.3, -0.25) is 10.1 Å². The predicted octanol–water partition coefficient (Wildman–Crippen LogP) is 1.68. The van der Waals surface area contributed by atoms with Gasteiger partial charge in [-0.05, 0) is 18.6 Å². The molecule has 0 bridgehead atoms. The SMILES string of the molecule is CCN(C)S(=O)(=O)c1cc(C)c(F)c([N+](=O)[O-])c1. The van der Waals surface area contributed by atoms with Crippen molar-refractivity contribution in [1.29, 1.82) is 0 Å². The highest BCUT2D eigenvalue weighted by atomic mass is 32.2. The van der Waals surface area contributed by atoms with E-state index in [4.69, 9.17) is 0 Å². The summed E-state index contributed by atoms with van der Waals surface area (Å²) in [6.07, 6.45) is 0. The van der Waals surface area contributed by atoms with Crippen LogP contribution in [0.2, 0.25) is 0 Å². The molecule has 8 heteroatoms. The van der Waals surface area contributed by atoms with Crippen LogP contribution < -0.4 is 0 Å². The lowest BCUT2D eigenvalue weighted by molar-refractivity contribution is -0.387. The number of nitro benzene ring substituents is 1. The van der Waals surface area contributed by atoms with Gasteiger partial charge in [-0.1, -0.05) is 6.92 Å². The number of rotatable bonds is 4. The zero-order valence-corrected chi connectivity index (χ0v) is 11.0. The molecule has 1 rings (SSSR count). The summed E-state index contributed by atoms with van der Waals surface area (Å²) in [5.74, 6) is -1.02. The number of hydrogen-bond acceptors (Lipinski definition) is 4. The van der Waals surface area contributed by atoms with Crippen LogP contribution in [0.4, 0.5) is 10.1 Å². The molecule has 0 atom stereocenters. The fourth-order valence-corrected chi connectivity index (χ4v) is 2.64. The van der Waals surface area contributed by atoms with Crippen LogP contribution in [0.3, 0.4) is 0 Å². The molecule has 0 fully saturated rings. The van der Waals surface area contributed by atoms with Crippen molar-refractivity contribution in [3.8, 4) is 0 Å². The van der Waals surface area contributed by atoms with E-state index in [9.17, 15) is 22.9 Å². The fraction of sp³-hybridized carbons (Fsp3) is 0.400. The molecule has 0 spiro atoms. The molecule has 6 nitrogen and oxygen atoms in total. The number of benzene rings is 1. The topological polar surface area (TPSA) is 80.5 Å². The lowest BCUT2D eigenvalue weighted by atomic mass is 10.2. The molecule has 0 unspecified atom stereocenters. The van der Waals surface area contributed by atoms with Gasteiger partial charge < -0.3 is 0 Å². The van der Waals surface area contributed by atoms with E-state index in [-0.39, 0.29) is 17.0 Å². The van der Waals surface area contributed by atoms with Gasteiger partial charge in [-0.2, -0.15) is 4.39 Å². The van der Waals surface area contributed by atoms with Crippen LogP contribution in [0.5, 0.6) is 0 Å². The molecule has 1 aromatic rings. The standard InChI is InChI=1S/C10H13FN2O4S/c1-4-12(3)18(16,17)8-5-7(2)10(11)9(6-8)13(14)15/h5-6H,4H2,1-3H3. The Morgan fingerprint density at radius 3 is 2.44 bits per heavy atom. The maximum absolute atomic E-state index is 13.5. The summed E-state index contributed by atoms with van der Waals surface area (Å²) in [6, 6.07) is 1.83. The molecule has 18 heavy (non-hydrogen) atoms. The van der Waals surface area contributed by atoms with Gasteiger partial charge in [-0.25, -0.2) is 12.7 Å². The second-order valence-corrected chi connectivity index (χ2v) is 5.79. The van der Waals surface area contributed by atoms with Crippen LogP contribution in [0, 0.1) is 22.9 Å². The van der Waals surface area contributed by atoms with Crippen LogP contribution >= 0.6 is 0 Å². The first kappa shape index (κ1) is 14.5. The molecule has 1 aromatic carbocycles. The maximum Gasteiger partial charge on any atom is 0.306 e. The number of nitrogens with zero attached hydrogens (tertiary/aromatic N) is 2. The van der Waals surface area contributed by atoms with E-state index in [0.717, 1.165) is 16.4 Å². The van der Waals surface area contributed by atoms with E-state index in [1.165, 1.54) is 14.0 Å². The number of halogens is 1. The Morgan fingerprint density at radius 1 is 1.44 bits per heavy atom. The van der Waals surface area contributed by atoms with E-state index in [2.05, 4.69) is 0 Å². The average Bonchev–Trinajstić information content (AvgIpc) is 2.30. The molecule has 0 saturated carbocycles. The molecule has 0 heterocycles. The summed E-state index contributed by atoms with van der Waals surface area (Å²) < 4.78 is 38.4. The number of aryl methyl sites for hydroxylation is 1. The Bertz CT molecular complexity index is 586.